The monoisotopic (exact) mass is 256 g/mol. The van der Waals surface area contributed by atoms with Crippen LogP contribution in [0.3, 0.4) is 0 Å². The first-order chi connectivity index (χ1) is 9.28. The predicted molar refractivity (Wildman–Crippen MR) is 78.1 cm³/mol. The summed E-state index contributed by atoms with van der Waals surface area (Å²) in [5.74, 6) is 0.0800. The van der Waals surface area contributed by atoms with Crippen LogP contribution in [-0.2, 0) is 17.8 Å². The van der Waals surface area contributed by atoms with E-state index in [2.05, 4.69) is 28.9 Å². The van der Waals surface area contributed by atoms with Gasteiger partial charge in [0.25, 0.3) is 0 Å². The maximum atomic E-state index is 11.8. The Kier molecular flexibility index (Phi) is 4.78. The number of hydrogen-bond acceptors (Lipinski definition) is 1. The van der Waals surface area contributed by atoms with Gasteiger partial charge in [-0.1, -0.05) is 19.1 Å². The van der Waals surface area contributed by atoms with Crippen molar-refractivity contribution in [2.75, 3.05) is 5.32 Å². The van der Waals surface area contributed by atoms with Crippen LogP contribution < -0.4 is 5.32 Å². The van der Waals surface area contributed by atoms with Gasteiger partial charge in [0, 0.05) is 31.0 Å². The summed E-state index contributed by atoms with van der Waals surface area (Å²) < 4.78 is 2.09. The SMILES string of the molecule is CCc1ccc(NC(=O)CCCn2cccc2)cc1. The Morgan fingerprint density at radius 3 is 2.47 bits per heavy atom. The summed E-state index contributed by atoms with van der Waals surface area (Å²) in [4.78, 5) is 11.8. The van der Waals surface area contributed by atoms with Crippen LogP contribution in [0, 0.1) is 0 Å². The van der Waals surface area contributed by atoms with Crippen LogP contribution in [0.25, 0.3) is 0 Å². The van der Waals surface area contributed by atoms with Crippen LogP contribution >= 0.6 is 0 Å². The van der Waals surface area contributed by atoms with E-state index >= 15 is 0 Å². The van der Waals surface area contributed by atoms with E-state index in [0.29, 0.717) is 6.42 Å². The predicted octanol–water partition coefficient (Wildman–Crippen LogP) is 3.47. The number of nitrogens with one attached hydrogen (secondary N) is 1. The summed E-state index contributed by atoms with van der Waals surface area (Å²) in [6.45, 7) is 3.00. The van der Waals surface area contributed by atoms with Crippen LogP contribution in [0.15, 0.2) is 48.8 Å². The van der Waals surface area contributed by atoms with Crippen molar-refractivity contribution >= 4 is 11.6 Å². The first-order valence-corrected chi connectivity index (χ1v) is 6.77. The molecule has 0 spiro atoms. The summed E-state index contributed by atoms with van der Waals surface area (Å²) in [5, 5.41) is 2.93. The molecule has 0 aliphatic carbocycles. The molecule has 3 heteroatoms. The molecule has 19 heavy (non-hydrogen) atoms. The van der Waals surface area contributed by atoms with E-state index in [9.17, 15) is 4.79 Å². The highest BCUT2D eigenvalue weighted by atomic mass is 16.1. The van der Waals surface area contributed by atoms with Gasteiger partial charge in [0.05, 0.1) is 0 Å². The van der Waals surface area contributed by atoms with Crippen molar-refractivity contribution in [2.24, 2.45) is 0 Å². The fourth-order valence-electron chi connectivity index (χ4n) is 1.99. The number of hydrogen-bond donors (Lipinski definition) is 1. The molecule has 0 fully saturated rings. The third-order valence-corrected chi connectivity index (χ3v) is 3.13. The molecule has 100 valence electrons. The minimum absolute atomic E-state index is 0.0800. The van der Waals surface area contributed by atoms with E-state index in [-0.39, 0.29) is 5.91 Å². The van der Waals surface area contributed by atoms with Crippen molar-refractivity contribution in [1.29, 1.82) is 0 Å². The van der Waals surface area contributed by atoms with Crippen molar-refractivity contribution < 1.29 is 4.79 Å². The van der Waals surface area contributed by atoms with Gasteiger partial charge in [-0.15, -0.1) is 0 Å². The Balaban J connectivity index is 1.74. The van der Waals surface area contributed by atoms with Crippen molar-refractivity contribution in [2.45, 2.75) is 32.7 Å². The number of aromatic nitrogens is 1. The van der Waals surface area contributed by atoms with Crippen molar-refractivity contribution in [3.8, 4) is 0 Å². The summed E-state index contributed by atoms with van der Waals surface area (Å²) in [6, 6.07) is 12.0. The summed E-state index contributed by atoms with van der Waals surface area (Å²) in [6.07, 6.45) is 6.45. The first-order valence-electron chi connectivity index (χ1n) is 6.77. The summed E-state index contributed by atoms with van der Waals surface area (Å²) in [5.41, 5.74) is 2.16. The lowest BCUT2D eigenvalue weighted by molar-refractivity contribution is -0.116. The second-order valence-corrected chi connectivity index (χ2v) is 4.62. The van der Waals surface area contributed by atoms with E-state index in [1.165, 1.54) is 5.56 Å². The van der Waals surface area contributed by atoms with Crippen LogP contribution in [-0.4, -0.2) is 10.5 Å². The second-order valence-electron chi connectivity index (χ2n) is 4.62. The molecule has 0 saturated heterocycles. The number of anilines is 1. The quantitative estimate of drug-likeness (QED) is 0.843. The molecule has 0 bridgehead atoms. The summed E-state index contributed by atoms with van der Waals surface area (Å²) in [7, 11) is 0. The van der Waals surface area contributed by atoms with E-state index < -0.39 is 0 Å². The molecule has 0 aliphatic heterocycles. The van der Waals surface area contributed by atoms with Crippen molar-refractivity contribution in [3.63, 3.8) is 0 Å². The molecule has 0 saturated carbocycles. The zero-order valence-corrected chi connectivity index (χ0v) is 11.3. The molecular weight excluding hydrogens is 236 g/mol. The van der Waals surface area contributed by atoms with Crippen LogP contribution in [0.1, 0.15) is 25.3 Å². The number of benzene rings is 1. The van der Waals surface area contributed by atoms with E-state index in [0.717, 1.165) is 25.1 Å². The normalized spacial score (nSPS) is 10.4. The average molecular weight is 256 g/mol. The topological polar surface area (TPSA) is 34.0 Å². The molecule has 1 heterocycles. The molecule has 1 amide bonds. The van der Waals surface area contributed by atoms with Crippen LogP contribution in [0.2, 0.25) is 0 Å². The minimum Gasteiger partial charge on any atom is -0.354 e. The largest absolute Gasteiger partial charge is 0.354 e. The molecule has 0 aliphatic rings. The smallest absolute Gasteiger partial charge is 0.224 e. The zero-order chi connectivity index (χ0) is 13.5. The zero-order valence-electron chi connectivity index (χ0n) is 11.3. The van der Waals surface area contributed by atoms with Gasteiger partial charge in [0.15, 0.2) is 0 Å². The second kappa shape index (κ2) is 6.78. The maximum absolute atomic E-state index is 11.8. The van der Waals surface area contributed by atoms with Crippen LogP contribution in [0.5, 0.6) is 0 Å². The Morgan fingerprint density at radius 2 is 1.84 bits per heavy atom. The molecular formula is C16H20N2O. The minimum atomic E-state index is 0.0800. The lowest BCUT2D eigenvalue weighted by Crippen LogP contribution is -2.12. The van der Waals surface area contributed by atoms with Gasteiger partial charge in [-0.05, 0) is 42.7 Å². The number of nitrogens with zero attached hydrogens (tertiary/aromatic N) is 1. The van der Waals surface area contributed by atoms with Gasteiger partial charge in [0.2, 0.25) is 5.91 Å². The highest BCUT2D eigenvalue weighted by molar-refractivity contribution is 5.90. The lowest BCUT2D eigenvalue weighted by Gasteiger charge is -2.06. The van der Waals surface area contributed by atoms with Gasteiger partial charge in [-0.2, -0.15) is 0 Å². The molecule has 1 aromatic heterocycles. The molecule has 0 atom stereocenters. The first kappa shape index (κ1) is 13.4. The molecule has 2 aromatic rings. The van der Waals surface area contributed by atoms with E-state index in [1.54, 1.807) is 0 Å². The van der Waals surface area contributed by atoms with Crippen molar-refractivity contribution in [3.05, 3.63) is 54.4 Å². The number of carbonyl (C=O) groups is 1. The number of amides is 1. The Morgan fingerprint density at radius 1 is 1.16 bits per heavy atom. The molecule has 0 unspecified atom stereocenters. The number of aryl methyl sites for hydroxylation is 2. The highest BCUT2D eigenvalue weighted by Crippen LogP contribution is 2.10. The van der Waals surface area contributed by atoms with E-state index in [1.807, 2.05) is 36.7 Å². The Bertz CT molecular complexity index is 500. The fourth-order valence-corrected chi connectivity index (χ4v) is 1.99. The number of carbonyl (C=O) groups excluding carboxylic acids is 1. The lowest BCUT2D eigenvalue weighted by atomic mass is 10.1. The highest BCUT2D eigenvalue weighted by Gasteiger charge is 2.02. The number of rotatable bonds is 6. The molecule has 1 aromatic carbocycles. The molecule has 2 rings (SSSR count). The third kappa shape index (κ3) is 4.28. The summed E-state index contributed by atoms with van der Waals surface area (Å²) >= 11 is 0. The molecule has 3 nitrogen and oxygen atoms in total. The van der Waals surface area contributed by atoms with Gasteiger partial charge in [-0.3, -0.25) is 4.79 Å². The molecule has 0 radical (unpaired) electrons. The fraction of sp³-hybridized carbons (Fsp3) is 0.312. The van der Waals surface area contributed by atoms with Crippen LogP contribution in [0.4, 0.5) is 5.69 Å². The van der Waals surface area contributed by atoms with Crippen molar-refractivity contribution in [1.82, 2.24) is 4.57 Å². The van der Waals surface area contributed by atoms with Gasteiger partial charge in [0.1, 0.15) is 0 Å². The van der Waals surface area contributed by atoms with Gasteiger partial charge < -0.3 is 9.88 Å². The molecule has 1 N–H and O–H groups in total. The van der Waals surface area contributed by atoms with E-state index in [4.69, 9.17) is 0 Å². The van der Waals surface area contributed by atoms with Gasteiger partial charge in [-0.25, -0.2) is 0 Å². The third-order valence-electron chi connectivity index (χ3n) is 3.13. The Hall–Kier alpha value is -2.03. The van der Waals surface area contributed by atoms with Gasteiger partial charge >= 0.3 is 0 Å². The maximum Gasteiger partial charge on any atom is 0.224 e. The Labute approximate surface area is 114 Å². The standard InChI is InChI=1S/C16H20N2O/c1-2-14-7-9-15(10-8-14)17-16(19)6-5-13-18-11-3-4-12-18/h3-4,7-12H,2,5-6,13H2,1H3,(H,17,19). The average Bonchev–Trinajstić information content (AvgIpc) is 2.93.